The molecule has 186 valence electrons. The van der Waals surface area contributed by atoms with Crippen molar-refractivity contribution in [1.82, 2.24) is 4.98 Å². The number of fused-ring (bicyclic) bond motifs is 1. The molecule has 0 spiro atoms. The number of carbonyl (C=O) groups is 2. The van der Waals surface area contributed by atoms with Crippen LogP contribution in [0.1, 0.15) is 28.8 Å². The number of aromatic nitrogens is 1. The molecule has 5 nitrogen and oxygen atoms in total. The van der Waals surface area contributed by atoms with Crippen LogP contribution in [-0.2, 0) is 4.79 Å². The molecule has 1 heterocycles. The Labute approximate surface area is 230 Å². The van der Waals surface area contributed by atoms with Crippen molar-refractivity contribution >= 4 is 92.1 Å². The van der Waals surface area contributed by atoms with Crippen LogP contribution in [0, 0.1) is 5.82 Å². The largest absolute Gasteiger partial charge is 0.359 e. The molecule has 1 aromatic heterocycles. The van der Waals surface area contributed by atoms with Gasteiger partial charge >= 0.3 is 0 Å². The number of halogens is 6. The van der Waals surface area contributed by atoms with Gasteiger partial charge in [-0.15, -0.1) is 23.2 Å². The van der Waals surface area contributed by atoms with E-state index in [4.69, 9.17) is 58.0 Å². The lowest BCUT2D eigenvalue weighted by atomic mass is 9.94. The van der Waals surface area contributed by atoms with E-state index in [-0.39, 0.29) is 22.0 Å². The molecule has 4 rings (SSSR count). The van der Waals surface area contributed by atoms with Crippen molar-refractivity contribution < 1.29 is 14.0 Å². The van der Waals surface area contributed by atoms with Crippen molar-refractivity contribution in [1.29, 1.82) is 0 Å². The normalized spacial score (nSPS) is 12.4. The van der Waals surface area contributed by atoms with Gasteiger partial charge in [0.15, 0.2) is 0 Å². The summed E-state index contributed by atoms with van der Waals surface area (Å²) in [7, 11) is 0. The first-order chi connectivity index (χ1) is 16.9. The molecule has 0 aliphatic rings. The third-order valence-corrected chi connectivity index (χ3v) is 6.54. The summed E-state index contributed by atoms with van der Waals surface area (Å²) >= 11 is 31.1. The smallest absolute Gasteiger partial charge is 0.257 e. The van der Waals surface area contributed by atoms with Crippen LogP contribution in [0.5, 0.6) is 0 Å². The van der Waals surface area contributed by atoms with Crippen molar-refractivity contribution in [2.75, 3.05) is 10.6 Å². The maximum atomic E-state index is 14.3. The minimum atomic E-state index is -1.52. The molecule has 0 saturated carbocycles. The van der Waals surface area contributed by atoms with Gasteiger partial charge in [-0.2, -0.15) is 0 Å². The SMILES string of the molecule is CC(Cl)(Cl)C(C(=O)Nc1ccc(Cl)c(C(=O)Nc2cc(F)c3[nH]ccc3c2)c1)c1cc(Cl)cc(Cl)c1. The van der Waals surface area contributed by atoms with Gasteiger partial charge in [-0.05, 0) is 67.1 Å². The van der Waals surface area contributed by atoms with Crippen LogP contribution in [0.3, 0.4) is 0 Å². The summed E-state index contributed by atoms with van der Waals surface area (Å²) < 4.78 is 12.8. The average molecular weight is 588 g/mol. The fourth-order valence-electron chi connectivity index (χ4n) is 3.80. The molecule has 11 heteroatoms. The van der Waals surface area contributed by atoms with Crippen molar-refractivity contribution in [2.24, 2.45) is 0 Å². The highest BCUT2D eigenvalue weighted by Crippen LogP contribution is 2.40. The number of benzene rings is 3. The molecule has 0 bridgehead atoms. The molecule has 1 atom stereocenters. The first-order valence-corrected chi connectivity index (χ1v) is 12.3. The van der Waals surface area contributed by atoms with Crippen molar-refractivity contribution in [3.05, 3.63) is 92.8 Å². The Morgan fingerprint density at radius 2 is 1.61 bits per heavy atom. The number of H-pyrrole nitrogens is 1. The van der Waals surface area contributed by atoms with E-state index in [9.17, 15) is 14.0 Å². The predicted octanol–water partition coefficient (Wildman–Crippen LogP) is 8.44. The summed E-state index contributed by atoms with van der Waals surface area (Å²) in [6.07, 6.45) is 1.60. The first-order valence-electron chi connectivity index (χ1n) is 10.4. The molecule has 0 saturated heterocycles. The lowest BCUT2D eigenvalue weighted by molar-refractivity contribution is -0.117. The molecule has 4 aromatic rings. The Bertz CT molecular complexity index is 1460. The van der Waals surface area contributed by atoms with Crippen LogP contribution in [-0.4, -0.2) is 21.1 Å². The second kappa shape index (κ2) is 10.5. The zero-order chi connectivity index (χ0) is 26.2. The van der Waals surface area contributed by atoms with Crippen LogP contribution in [0.4, 0.5) is 15.8 Å². The van der Waals surface area contributed by atoms with E-state index in [1.165, 1.54) is 37.3 Å². The molecule has 2 amide bonds. The standard InChI is InChI=1S/C25H17Cl5FN3O2/c1-25(29,30)21(13-6-14(26)9-15(27)7-13)24(36)33-16-2-3-19(28)18(10-16)23(35)34-17-8-12-4-5-32-22(12)20(31)11-17/h2-11,21,32H,1H3,(H,33,36)(H,34,35). The Balaban J connectivity index is 1.59. The summed E-state index contributed by atoms with van der Waals surface area (Å²) in [6.45, 7) is 1.47. The van der Waals surface area contributed by atoms with Gasteiger partial charge in [0.05, 0.1) is 22.0 Å². The molecule has 0 aliphatic heterocycles. The van der Waals surface area contributed by atoms with E-state index in [2.05, 4.69) is 15.6 Å². The molecule has 3 N–H and O–H groups in total. The monoisotopic (exact) mass is 585 g/mol. The first kappa shape index (κ1) is 26.6. The quantitative estimate of drug-likeness (QED) is 0.198. The highest BCUT2D eigenvalue weighted by molar-refractivity contribution is 6.50. The molecule has 3 aromatic carbocycles. The fourth-order valence-corrected chi connectivity index (χ4v) is 5.00. The molecular weight excluding hydrogens is 571 g/mol. The third kappa shape index (κ3) is 5.90. The molecule has 1 unspecified atom stereocenters. The number of carbonyl (C=O) groups excluding carboxylic acids is 2. The van der Waals surface area contributed by atoms with Crippen molar-refractivity contribution in [3.8, 4) is 0 Å². The van der Waals surface area contributed by atoms with Crippen LogP contribution in [0.15, 0.2) is 60.8 Å². The summed E-state index contributed by atoms with van der Waals surface area (Å²) in [5, 5.41) is 6.68. The maximum absolute atomic E-state index is 14.3. The lowest BCUT2D eigenvalue weighted by Gasteiger charge is -2.26. The zero-order valence-electron chi connectivity index (χ0n) is 18.4. The Hall–Kier alpha value is -2.48. The number of anilines is 2. The summed E-state index contributed by atoms with van der Waals surface area (Å²) in [6, 6.07) is 13.5. The minimum absolute atomic E-state index is 0.0610. The number of aromatic amines is 1. The number of hydrogen-bond acceptors (Lipinski definition) is 2. The predicted molar refractivity (Wildman–Crippen MR) is 146 cm³/mol. The number of nitrogens with one attached hydrogen (secondary N) is 3. The zero-order valence-corrected chi connectivity index (χ0v) is 22.2. The van der Waals surface area contributed by atoms with Gasteiger partial charge in [0, 0.05) is 33.0 Å². The fraction of sp³-hybridized carbons (Fsp3) is 0.120. The number of hydrogen-bond donors (Lipinski definition) is 3. The molecule has 36 heavy (non-hydrogen) atoms. The molecule has 0 fully saturated rings. The summed E-state index contributed by atoms with van der Waals surface area (Å²) in [5.41, 5.74) is 1.31. The number of alkyl halides is 2. The van der Waals surface area contributed by atoms with E-state index in [1.54, 1.807) is 30.5 Å². The van der Waals surface area contributed by atoms with E-state index >= 15 is 0 Å². The van der Waals surface area contributed by atoms with Gasteiger partial charge in [0.1, 0.15) is 10.2 Å². The third-order valence-electron chi connectivity index (χ3n) is 5.33. The van der Waals surface area contributed by atoms with Crippen LogP contribution < -0.4 is 10.6 Å². The molecule has 0 aliphatic carbocycles. The van der Waals surface area contributed by atoms with E-state index in [1.807, 2.05) is 0 Å². The van der Waals surface area contributed by atoms with E-state index < -0.39 is 27.9 Å². The van der Waals surface area contributed by atoms with Gasteiger partial charge < -0.3 is 15.6 Å². The van der Waals surface area contributed by atoms with Gasteiger partial charge in [-0.3, -0.25) is 9.59 Å². The second-order valence-electron chi connectivity index (χ2n) is 8.13. The van der Waals surface area contributed by atoms with Crippen LogP contribution >= 0.6 is 58.0 Å². The van der Waals surface area contributed by atoms with Gasteiger partial charge in [-0.1, -0.05) is 34.8 Å². The minimum Gasteiger partial charge on any atom is -0.359 e. The highest BCUT2D eigenvalue weighted by atomic mass is 35.5. The van der Waals surface area contributed by atoms with Crippen LogP contribution in [0.2, 0.25) is 15.1 Å². The maximum Gasteiger partial charge on any atom is 0.257 e. The number of amides is 2. The topological polar surface area (TPSA) is 74.0 Å². The van der Waals surface area contributed by atoms with Crippen molar-refractivity contribution in [3.63, 3.8) is 0 Å². The Kier molecular flexibility index (Phi) is 7.74. The summed E-state index contributed by atoms with van der Waals surface area (Å²) in [4.78, 5) is 29.0. The Morgan fingerprint density at radius 1 is 0.917 bits per heavy atom. The highest BCUT2D eigenvalue weighted by Gasteiger charge is 2.38. The molecular formula is C25H17Cl5FN3O2. The average Bonchev–Trinajstić information content (AvgIpc) is 3.22. The van der Waals surface area contributed by atoms with Crippen molar-refractivity contribution in [2.45, 2.75) is 17.2 Å². The number of rotatable bonds is 6. The van der Waals surface area contributed by atoms with E-state index in [0.717, 1.165) is 0 Å². The molecule has 0 radical (unpaired) electrons. The lowest BCUT2D eigenvalue weighted by Crippen LogP contribution is -2.32. The summed E-state index contributed by atoms with van der Waals surface area (Å²) in [5.74, 6) is -2.73. The van der Waals surface area contributed by atoms with Gasteiger partial charge in [-0.25, -0.2) is 4.39 Å². The second-order valence-corrected chi connectivity index (χ2v) is 11.2. The van der Waals surface area contributed by atoms with Gasteiger partial charge in [0.25, 0.3) is 5.91 Å². The van der Waals surface area contributed by atoms with Gasteiger partial charge in [0.2, 0.25) is 5.91 Å². The Morgan fingerprint density at radius 3 is 2.28 bits per heavy atom. The van der Waals surface area contributed by atoms with E-state index in [0.29, 0.717) is 26.5 Å². The van der Waals surface area contributed by atoms with Crippen LogP contribution in [0.25, 0.3) is 10.9 Å².